The van der Waals surface area contributed by atoms with Crippen molar-refractivity contribution in [2.45, 2.75) is 30.6 Å². The first-order chi connectivity index (χ1) is 8.65. The lowest BCUT2D eigenvalue weighted by atomic mass is 10.2. The summed E-state index contributed by atoms with van der Waals surface area (Å²) in [5, 5.41) is 8.80. The predicted molar refractivity (Wildman–Crippen MR) is 72.7 cm³/mol. The molecular formula is C14H17FO2S. The van der Waals surface area contributed by atoms with Crippen molar-refractivity contribution < 1.29 is 14.3 Å². The quantitative estimate of drug-likeness (QED) is 0.432. The molecular weight excluding hydrogens is 251 g/mol. The van der Waals surface area contributed by atoms with Gasteiger partial charge in [0, 0.05) is 4.90 Å². The van der Waals surface area contributed by atoms with Gasteiger partial charge >= 0.3 is 5.97 Å². The lowest BCUT2D eigenvalue weighted by molar-refractivity contribution is 0.0691. The summed E-state index contributed by atoms with van der Waals surface area (Å²) in [5.74, 6) is -0.985. The summed E-state index contributed by atoms with van der Waals surface area (Å²) in [4.78, 5) is 11.6. The van der Waals surface area contributed by atoms with Crippen LogP contribution in [0.1, 0.15) is 36.0 Å². The van der Waals surface area contributed by atoms with E-state index >= 15 is 0 Å². The largest absolute Gasteiger partial charge is 0.478 e. The highest BCUT2D eigenvalue weighted by atomic mass is 32.2. The molecule has 0 fully saturated rings. The maximum atomic E-state index is 13.1. The zero-order valence-electron chi connectivity index (χ0n) is 10.2. The second-order valence-electron chi connectivity index (χ2n) is 3.93. The topological polar surface area (TPSA) is 37.3 Å². The highest BCUT2D eigenvalue weighted by molar-refractivity contribution is 7.99. The first kappa shape index (κ1) is 14.8. The van der Waals surface area contributed by atoms with Crippen LogP contribution >= 0.6 is 11.8 Å². The van der Waals surface area contributed by atoms with Gasteiger partial charge in [-0.1, -0.05) is 12.5 Å². The number of hydrogen-bond donors (Lipinski definition) is 1. The average molecular weight is 268 g/mol. The molecule has 1 aromatic rings. The number of carboxylic acid groups (broad SMARTS) is 1. The number of rotatable bonds is 8. The second-order valence-corrected chi connectivity index (χ2v) is 5.10. The fraction of sp³-hybridized carbons (Fsp3) is 0.357. The molecule has 0 aliphatic rings. The maximum Gasteiger partial charge on any atom is 0.338 e. The Kier molecular flexibility index (Phi) is 6.50. The molecule has 0 amide bonds. The highest BCUT2D eigenvalue weighted by Crippen LogP contribution is 2.22. The summed E-state index contributed by atoms with van der Waals surface area (Å²) in [6.45, 7) is 3.66. The number of benzene rings is 1. The maximum absolute atomic E-state index is 13.1. The standard InChI is InChI=1S/C14H17FO2S/c1-2-3-4-5-6-9-18-11-7-8-13(15)12(10-11)14(16)17/h2,7-8,10H,1,3-6,9H2,(H,16,17). The molecule has 0 heterocycles. The molecule has 0 unspecified atom stereocenters. The third-order valence-electron chi connectivity index (χ3n) is 2.49. The van der Waals surface area contributed by atoms with Gasteiger partial charge in [-0.3, -0.25) is 0 Å². The molecule has 1 N–H and O–H groups in total. The molecule has 0 aromatic heterocycles. The SMILES string of the molecule is C=CCCCCCSc1ccc(F)c(C(=O)O)c1. The summed E-state index contributed by atoms with van der Waals surface area (Å²) in [6.07, 6.45) is 6.27. The zero-order valence-corrected chi connectivity index (χ0v) is 11.0. The fourth-order valence-electron chi connectivity index (χ4n) is 1.52. The van der Waals surface area contributed by atoms with E-state index < -0.39 is 11.8 Å². The van der Waals surface area contributed by atoms with E-state index in [2.05, 4.69) is 6.58 Å². The summed E-state index contributed by atoms with van der Waals surface area (Å²) >= 11 is 1.56. The molecule has 2 nitrogen and oxygen atoms in total. The van der Waals surface area contributed by atoms with Crippen LogP contribution in [-0.4, -0.2) is 16.8 Å². The Hall–Kier alpha value is -1.29. The smallest absolute Gasteiger partial charge is 0.338 e. The zero-order chi connectivity index (χ0) is 13.4. The third kappa shape index (κ3) is 4.92. The monoisotopic (exact) mass is 268 g/mol. The van der Waals surface area contributed by atoms with Crippen LogP contribution in [0.25, 0.3) is 0 Å². The molecule has 0 radical (unpaired) electrons. The molecule has 0 aliphatic heterocycles. The van der Waals surface area contributed by atoms with Crippen LogP contribution in [0.3, 0.4) is 0 Å². The summed E-state index contributed by atoms with van der Waals surface area (Å²) < 4.78 is 13.1. The van der Waals surface area contributed by atoms with Crippen LogP contribution in [0.2, 0.25) is 0 Å². The molecule has 4 heteroatoms. The Labute approximate surface area is 111 Å². The van der Waals surface area contributed by atoms with E-state index in [-0.39, 0.29) is 5.56 Å². The van der Waals surface area contributed by atoms with Crippen molar-refractivity contribution in [1.82, 2.24) is 0 Å². The minimum Gasteiger partial charge on any atom is -0.478 e. The molecule has 0 saturated carbocycles. The van der Waals surface area contributed by atoms with Crippen LogP contribution in [0.5, 0.6) is 0 Å². The van der Waals surface area contributed by atoms with E-state index in [1.54, 1.807) is 17.8 Å². The Morgan fingerprint density at radius 2 is 2.17 bits per heavy atom. The Bertz CT molecular complexity index is 418. The van der Waals surface area contributed by atoms with Gasteiger partial charge in [0.2, 0.25) is 0 Å². The van der Waals surface area contributed by atoms with Gasteiger partial charge in [-0.15, -0.1) is 18.3 Å². The van der Waals surface area contributed by atoms with Crippen LogP contribution in [0, 0.1) is 5.82 Å². The van der Waals surface area contributed by atoms with Gasteiger partial charge in [-0.25, -0.2) is 9.18 Å². The summed E-state index contributed by atoms with van der Waals surface area (Å²) in [6, 6.07) is 4.23. The van der Waals surface area contributed by atoms with Crippen molar-refractivity contribution in [2.24, 2.45) is 0 Å². The van der Waals surface area contributed by atoms with Crippen LogP contribution in [0.15, 0.2) is 35.7 Å². The first-order valence-corrected chi connectivity index (χ1v) is 6.90. The molecule has 0 saturated heterocycles. The Balaban J connectivity index is 2.41. The number of unbranched alkanes of at least 4 members (excludes halogenated alkanes) is 3. The fourth-order valence-corrected chi connectivity index (χ4v) is 2.47. The Morgan fingerprint density at radius 3 is 2.83 bits per heavy atom. The molecule has 1 rings (SSSR count). The van der Waals surface area contributed by atoms with Gasteiger partial charge in [-0.05, 0) is 43.2 Å². The lowest BCUT2D eigenvalue weighted by Gasteiger charge is -2.03. The van der Waals surface area contributed by atoms with Crippen molar-refractivity contribution in [1.29, 1.82) is 0 Å². The van der Waals surface area contributed by atoms with E-state index in [1.165, 1.54) is 12.1 Å². The van der Waals surface area contributed by atoms with Crippen molar-refractivity contribution in [2.75, 3.05) is 5.75 Å². The van der Waals surface area contributed by atoms with Gasteiger partial charge in [-0.2, -0.15) is 0 Å². The van der Waals surface area contributed by atoms with E-state index in [1.807, 2.05) is 6.08 Å². The average Bonchev–Trinajstić information content (AvgIpc) is 2.35. The van der Waals surface area contributed by atoms with E-state index in [9.17, 15) is 9.18 Å². The van der Waals surface area contributed by atoms with Crippen molar-refractivity contribution >= 4 is 17.7 Å². The van der Waals surface area contributed by atoms with Crippen molar-refractivity contribution in [3.05, 3.63) is 42.2 Å². The van der Waals surface area contributed by atoms with Crippen LogP contribution in [-0.2, 0) is 0 Å². The van der Waals surface area contributed by atoms with Gasteiger partial charge in [0.05, 0.1) is 5.56 Å². The minimum absolute atomic E-state index is 0.258. The molecule has 0 aliphatic carbocycles. The number of hydrogen-bond acceptors (Lipinski definition) is 2. The number of thioether (sulfide) groups is 1. The molecule has 1 aromatic carbocycles. The van der Waals surface area contributed by atoms with E-state index in [4.69, 9.17) is 5.11 Å². The summed E-state index contributed by atoms with van der Waals surface area (Å²) in [5.41, 5.74) is -0.258. The minimum atomic E-state index is -1.22. The summed E-state index contributed by atoms with van der Waals surface area (Å²) in [7, 11) is 0. The van der Waals surface area contributed by atoms with Gasteiger partial charge in [0.15, 0.2) is 0 Å². The number of allylic oxidation sites excluding steroid dienone is 1. The van der Waals surface area contributed by atoms with E-state index in [0.29, 0.717) is 0 Å². The van der Waals surface area contributed by atoms with Gasteiger partial charge in [0.25, 0.3) is 0 Å². The van der Waals surface area contributed by atoms with Crippen LogP contribution in [0.4, 0.5) is 4.39 Å². The normalized spacial score (nSPS) is 10.3. The molecule has 0 atom stereocenters. The first-order valence-electron chi connectivity index (χ1n) is 5.91. The third-order valence-corrected chi connectivity index (χ3v) is 3.57. The second kappa shape index (κ2) is 7.93. The number of carboxylic acids is 1. The van der Waals surface area contributed by atoms with Crippen LogP contribution < -0.4 is 0 Å². The molecule has 0 spiro atoms. The van der Waals surface area contributed by atoms with Crippen molar-refractivity contribution in [3.63, 3.8) is 0 Å². The molecule has 98 valence electrons. The molecule has 0 bridgehead atoms. The van der Waals surface area contributed by atoms with Gasteiger partial charge in [0.1, 0.15) is 5.82 Å². The highest BCUT2D eigenvalue weighted by Gasteiger charge is 2.10. The van der Waals surface area contributed by atoms with Gasteiger partial charge < -0.3 is 5.11 Å². The molecule has 18 heavy (non-hydrogen) atoms. The predicted octanol–water partition coefficient (Wildman–Crippen LogP) is 4.36. The number of carbonyl (C=O) groups is 1. The van der Waals surface area contributed by atoms with E-state index in [0.717, 1.165) is 36.3 Å². The lowest BCUT2D eigenvalue weighted by Crippen LogP contribution is -2.00. The van der Waals surface area contributed by atoms with Crippen molar-refractivity contribution in [3.8, 4) is 0 Å². The number of aromatic carboxylic acids is 1. The number of halogens is 1. The Morgan fingerprint density at radius 1 is 1.39 bits per heavy atom.